The van der Waals surface area contributed by atoms with Gasteiger partial charge in [-0.15, -0.1) is 0 Å². The molecule has 0 atom stereocenters. The topological polar surface area (TPSA) is 72.3 Å². The SMILES string of the molecule is CCN1CCN(c2ccc(CNC(=O)c3ccc(C#N)cc3)cn2)CC1. The van der Waals surface area contributed by atoms with Crippen molar-refractivity contribution in [3.8, 4) is 6.07 Å². The number of rotatable bonds is 5. The molecule has 1 amide bonds. The Morgan fingerprint density at radius 3 is 2.46 bits per heavy atom. The van der Waals surface area contributed by atoms with Crippen LogP contribution in [0.3, 0.4) is 0 Å². The number of hydrogen-bond donors (Lipinski definition) is 1. The molecule has 2 aromatic rings. The van der Waals surface area contributed by atoms with Crippen molar-refractivity contribution in [2.24, 2.45) is 0 Å². The van der Waals surface area contributed by atoms with Gasteiger partial charge in [0.2, 0.25) is 0 Å². The lowest BCUT2D eigenvalue weighted by atomic mass is 10.1. The van der Waals surface area contributed by atoms with E-state index in [-0.39, 0.29) is 5.91 Å². The number of benzene rings is 1. The van der Waals surface area contributed by atoms with E-state index in [1.165, 1.54) is 0 Å². The number of nitriles is 1. The fourth-order valence-electron chi connectivity index (χ4n) is 2.98. The molecule has 1 aliphatic rings. The summed E-state index contributed by atoms with van der Waals surface area (Å²) in [6, 6.07) is 12.7. The average molecular weight is 349 g/mol. The number of pyridine rings is 1. The summed E-state index contributed by atoms with van der Waals surface area (Å²) in [5, 5.41) is 11.7. The van der Waals surface area contributed by atoms with Crippen molar-refractivity contribution in [3.63, 3.8) is 0 Å². The highest BCUT2D eigenvalue weighted by Crippen LogP contribution is 2.14. The van der Waals surface area contributed by atoms with E-state index in [1.54, 1.807) is 24.3 Å². The number of aromatic nitrogens is 1. The number of carbonyl (C=O) groups excluding carboxylic acids is 1. The zero-order valence-electron chi connectivity index (χ0n) is 15.0. The minimum atomic E-state index is -0.158. The third-order valence-electron chi connectivity index (χ3n) is 4.68. The fourth-order valence-corrected chi connectivity index (χ4v) is 2.98. The molecule has 134 valence electrons. The number of hydrogen-bond acceptors (Lipinski definition) is 5. The highest BCUT2D eigenvalue weighted by Gasteiger charge is 2.16. The van der Waals surface area contributed by atoms with Gasteiger partial charge in [-0.05, 0) is 42.4 Å². The van der Waals surface area contributed by atoms with E-state index < -0.39 is 0 Å². The quantitative estimate of drug-likeness (QED) is 0.894. The number of carbonyl (C=O) groups is 1. The van der Waals surface area contributed by atoms with Crippen molar-refractivity contribution in [2.45, 2.75) is 13.5 Å². The molecule has 1 N–H and O–H groups in total. The lowest BCUT2D eigenvalue weighted by Crippen LogP contribution is -2.46. The van der Waals surface area contributed by atoms with Crippen molar-refractivity contribution in [1.82, 2.24) is 15.2 Å². The molecule has 1 aromatic heterocycles. The summed E-state index contributed by atoms with van der Waals surface area (Å²) >= 11 is 0. The maximum atomic E-state index is 12.2. The van der Waals surface area contributed by atoms with Crippen molar-refractivity contribution in [3.05, 3.63) is 59.3 Å². The molecule has 0 radical (unpaired) electrons. The molecule has 1 aliphatic heterocycles. The Bertz CT molecular complexity index is 771. The number of nitrogens with one attached hydrogen (secondary N) is 1. The van der Waals surface area contributed by atoms with E-state index in [0.717, 1.165) is 44.1 Å². The normalized spacial score (nSPS) is 14.7. The van der Waals surface area contributed by atoms with Gasteiger partial charge in [0.05, 0.1) is 11.6 Å². The highest BCUT2D eigenvalue weighted by atomic mass is 16.1. The molecule has 1 fully saturated rings. The lowest BCUT2D eigenvalue weighted by molar-refractivity contribution is 0.0951. The molecular formula is C20H23N5O. The van der Waals surface area contributed by atoms with Crippen molar-refractivity contribution >= 4 is 11.7 Å². The highest BCUT2D eigenvalue weighted by molar-refractivity contribution is 5.94. The summed E-state index contributed by atoms with van der Waals surface area (Å²) in [4.78, 5) is 21.4. The fraction of sp³-hybridized carbons (Fsp3) is 0.350. The average Bonchev–Trinajstić information content (AvgIpc) is 2.72. The monoisotopic (exact) mass is 349 g/mol. The summed E-state index contributed by atoms with van der Waals surface area (Å²) in [5.41, 5.74) is 2.05. The molecule has 0 spiro atoms. The smallest absolute Gasteiger partial charge is 0.251 e. The van der Waals surface area contributed by atoms with Crippen molar-refractivity contribution < 1.29 is 4.79 Å². The second kappa shape index (κ2) is 8.45. The number of amides is 1. The lowest BCUT2D eigenvalue weighted by Gasteiger charge is -2.34. The van der Waals surface area contributed by atoms with E-state index in [9.17, 15) is 4.79 Å². The van der Waals surface area contributed by atoms with Gasteiger partial charge in [0.15, 0.2) is 0 Å². The first-order chi connectivity index (χ1) is 12.7. The molecule has 0 unspecified atom stereocenters. The van der Waals surface area contributed by atoms with Crippen LogP contribution in [0.5, 0.6) is 0 Å². The molecule has 3 rings (SSSR count). The Morgan fingerprint density at radius 1 is 1.15 bits per heavy atom. The minimum absolute atomic E-state index is 0.158. The maximum absolute atomic E-state index is 12.2. The van der Waals surface area contributed by atoms with Gasteiger partial charge in [-0.2, -0.15) is 5.26 Å². The van der Waals surface area contributed by atoms with E-state index in [4.69, 9.17) is 5.26 Å². The third-order valence-corrected chi connectivity index (χ3v) is 4.68. The molecule has 0 aliphatic carbocycles. The van der Waals surface area contributed by atoms with Gasteiger partial charge >= 0.3 is 0 Å². The van der Waals surface area contributed by atoms with Gasteiger partial charge in [-0.25, -0.2) is 4.98 Å². The molecule has 6 heteroatoms. The summed E-state index contributed by atoms with van der Waals surface area (Å²) in [6.07, 6.45) is 1.82. The molecular weight excluding hydrogens is 326 g/mol. The zero-order chi connectivity index (χ0) is 18.4. The van der Waals surface area contributed by atoms with Gasteiger partial charge in [-0.1, -0.05) is 13.0 Å². The van der Waals surface area contributed by atoms with Crippen LogP contribution in [-0.4, -0.2) is 48.5 Å². The molecule has 1 saturated heterocycles. The molecule has 0 bridgehead atoms. The van der Waals surface area contributed by atoms with Gasteiger partial charge < -0.3 is 15.1 Å². The maximum Gasteiger partial charge on any atom is 0.251 e. The standard InChI is InChI=1S/C20H23N5O/c1-2-24-9-11-25(12-10-24)19-8-5-17(14-22-19)15-23-20(26)18-6-3-16(13-21)4-7-18/h3-8,14H,2,9-12,15H2,1H3,(H,23,26). The Kier molecular flexibility index (Phi) is 5.82. The van der Waals surface area contributed by atoms with E-state index in [0.29, 0.717) is 17.7 Å². The number of likely N-dealkylation sites (N-methyl/N-ethyl adjacent to an activating group) is 1. The zero-order valence-corrected chi connectivity index (χ0v) is 15.0. The van der Waals surface area contributed by atoms with Crippen LogP contribution < -0.4 is 10.2 Å². The summed E-state index contributed by atoms with van der Waals surface area (Å²) in [6.45, 7) is 7.84. The van der Waals surface area contributed by atoms with Crippen LogP contribution >= 0.6 is 0 Å². The summed E-state index contributed by atoms with van der Waals surface area (Å²) < 4.78 is 0. The second-order valence-electron chi connectivity index (χ2n) is 6.32. The van der Waals surface area contributed by atoms with E-state index >= 15 is 0 Å². The Labute approximate surface area is 154 Å². The van der Waals surface area contributed by atoms with Crippen LogP contribution in [0.15, 0.2) is 42.6 Å². The molecule has 1 aromatic carbocycles. The Morgan fingerprint density at radius 2 is 1.88 bits per heavy atom. The molecule has 0 saturated carbocycles. The molecule has 2 heterocycles. The molecule has 26 heavy (non-hydrogen) atoms. The van der Waals surface area contributed by atoms with Crippen LogP contribution in [0, 0.1) is 11.3 Å². The van der Waals surface area contributed by atoms with Crippen LogP contribution in [0.1, 0.15) is 28.4 Å². The first kappa shape index (κ1) is 17.9. The Balaban J connectivity index is 1.52. The van der Waals surface area contributed by atoms with E-state index in [1.807, 2.05) is 24.4 Å². The predicted molar refractivity (Wildman–Crippen MR) is 101 cm³/mol. The Hall–Kier alpha value is -2.91. The minimum Gasteiger partial charge on any atom is -0.354 e. The van der Waals surface area contributed by atoms with Gasteiger partial charge in [0, 0.05) is 44.5 Å². The van der Waals surface area contributed by atoms with Crippen molar-refractivity contribution in [2.75, 3.05) is 37.6 Å². The van der Waals surface area contributed by atoms with E-state index in [2.05, 4.69) is 27.0 Å². The van der Waals surface area contributed by atoms with Crippen LogP contribution in [-0.2, 0) is 6.54 Å². The molecule has 6 nitrogen and oxygen atoms in total. The van der Waals surface area contributed by atoms with Gasteiger partial charge in [-0.3, -0.25) is 4.79 Å². The number of anilines is 1. The first-order valence-electron chi connectivity index (χ1n) is 8.90. The number of nitrogens with zero attached hydrogens (tertiary/aromatic N) is 4. The van der Waals surface area contributed by atoms with Gasteiger partial charge in [0.25, 0.3) is 5.91 Å². The predicted octanol–water partition coefficient (Wildman–Crippen LogP) is 2.03. The largest absolute Gasteiger partial charge is 0.354 e. The van der Waals surface area contributed by atoms with Crippen LogP contribution in [0.4, 0.5) is 5.82 Å². The number of piperazine rings is 1. The first-order valence-corrected chi connectivity index (χ1v) is 8.90. The van der Waals surface area contributed by atoms with Crippen molar-refractivity contribution in [1.29, 1.82) is 5.26 Å². The second-order valence-corrected chi connectivity index (χ2v) is 6.32. The summed E-state index contributed by atoms with van der Waals surface area (Å²) in [7, 11) is 0. The van der Waals surface area contributed by atoms with Crippen LogP contribution in [0.25, 0.3) is 0 Å². The van der Waals surface area contributed by atoms with Crippen LogP contribution in [0.2, 0.25) is 0 Å². The summed E-state index contributed by atoms with van der Waals surface area (Å²) in [5.74, 6) is 0.831. The third kappa shape index (κ3) is 4.38. The van der Waals surface area contributed by atoms with Gasteiger partial charge in [0.1, 0.15) is 5.82 Å².